The molecule has 0 spiro atoms. The van der Waals surface area contributed by atoms with Gasteiger partial charge in [-0.2, -0.15) is 0 Å². The van der Waals surface area contributed by atoms with E-state index in [1.807, 2.05) is 31.2 Å². The van der Waals surface area contributed by atoms with Gasteiger partial charge in [0.2, 0.25) is 5.91 Å². The molecule has 0 aromatic heterocycles. The Hall–Kier alpha value is -0.580. The predicted octanol–water partition coefficient (Wildman–Crippen LogP) is 3.67. The highest BCUT2D eigenvalue weighted by molar-refractivity contribution is 14.1. The molecule has 1 aromatic carbocycles. The van der Waals surface area contributed by atoms with E-state index in [-0.39, 0.29) is 11.8 Å². The summed E-state index contributed by atoms with van der Waals surface area (Å²) < 4.78 is 1.17. The summed E-state index contributed by atoms with van der Waals surface area (Å²) in [4.78, 5) is 11.7. The van der Waals surface area contributed by atoms with Crippen molar-refractivity contribution >= 4 is 34.2 Å². The molecule has 0 saturated carbocycles. The number of carbonyl (C=O) groups is 1. The second kappa shape index (κ2) is 6.10. The SMILES string of the molecule is CCCC(C)C(=O)Nc1ccc(I)cc1. The number of anilines is 1. The van der Waals surface area contributed by atoms with Gasteiger partial charge in [-0.15, -0.1) is 0 Å². The van der Waals surface area contributed by atoms with E-state index in [9.17, 15) is 4.79 Å². The van der Waals surface area contributed by atoms with Gasteiger partial charge in [-0.3, -0.25) is 4.79 Å². The van der Waals surface area contributed by atoms with Crippen LogP contribution in [0.5, 0.6) is 0 Å². The van der Waals surface area contributed by atoms with Gasteiger partial charge in [0, 0.05) is 15.2 Å². The number of halogens is 1. The molecule has 1 unspecified atom stereocenters. The van der Waals surface area contributed by atoms with Crippen LogP contribution in [-0.2, 0) is 4.79 Å². The molecule has 2 nitrogen and oxygen atoms in total. The van der Waals surface area contributed by atoms with Gasteiger partial charge in [0.25, 0.3) is 0 Å². The molecule has 3 heteroatoms. The fraction of sp³-hybridized carbons (Fsp3) is 0.417. The first kappa shape index (κ1) is 12.5. The predicted molar refractivity (Wildman–Crippen MR) is 71.9 cm³/mol. The maximum Gasteiger partial charge on any atom is 0.227 e. The third kappa shape index (κ3) is 4.20. The van der Waals surface area contributed by atoms with Gasteiger partial charge in [0.15, 0.2) is 0 Å². The minimum absolute atomic E-state index is 0.0919. The van der Waals surface area contributed by atoms with Gasteiger partial charge in [0.1, 0.15) is 0 Å². The van der Waals surface area contributed by atoms with Crippen LogP contribution in [0.4, 0.5) is 5.69 Å². The van der Waals surface area contributed by atoms with Gasteiger partial charge >= 0.3 is 0 Å². The molecule has 82 valence electrons. The van der Waals surface area contributed by atoms with Crippen LogP contribution in [0, 0.1) is 9.49 Å². The number of nitrogens with one attached hydrogen (secondary N) is 1. The Morgan fingerprint density at radius 1 is 1.40 bits per heavy atom. The minimum atomic E-state index is 0.0919. The molecule has 0 saturated heterocycles. The van der Waals surface area contributed by atoms with Crippen molar-refractivity contribution in [3.8, 4) is 0 Å². The van der Waals surface area contributed by atoms with Crippen molar-refractivity contribution in [2.24, 2.45) is 5.92 Å². The fourth-order valence-electron chi connectivity index (χ4n) is 1.36. The van der Waals surface area contributed by atoms with E-state index in [1.165, 1.54) is 3.57 Å². The summed E-state index contributed by atoms with van der Waals surface area (Å²) in [6, 6.07) is 7.83. The molecule has 0 heterocycles. The normalized spacial score (nSPS) is 12.2. The lowest BCUT2D eigenvalue weighted by molar-refractivity contribution is -0.119. The van der Waals surface area contributed by atoms with Crippen molar-refractivity contribution in [2.45, 2.75) is 26.7 Å². The number of hydrogen-bond donors (Lipinski definition) is 1. The van der Waals surface area contributed by atoms with E-state index in [0.717, 1.165) is 18.5 Å². The second-order valence-electron chi connectivity index (χ2n) is 3.69. The molecule has 0 aliphatic heterocycles. The van der Waals surface area contributed by atoms with Gasteiger partial charge < -0.3 is 5.32 Å². The van der Waals surface area contributed by atoms with E-state index in [4.69, 9.17) is 0 Å². The molecule has 0 bridgehead atoms. The highest BCUT2D eigenvalue weighted by Gasteiger charge is 2.11. The number of rotatable bonds is 4. The molecule has 0 fully saturated rings. The summed E-state index contributed by atoms with van der Waals surface area (Å²) in [7, 11) is 0. The number of amides is 1. The smallest absolute Gasteiger partial charge is 0.227 e. The average Bonchev–Trinajstić information content (AvgIpc) is 2.22. The summed E-state index contributed by atoms with van der Waals surface area (Å²) in [6.07, 6.45) is 1.98. The van der Waals surface area contributed by atoms with Crippen LogP contribution in [0.3, 0.4) is 0 Å². The summed E-state index contributed by atoms with van der Waals surface area (Å²) in [5.74, 6) is 0.201. The molecule has 1 aromatic rings. The third-order valence-electron chi connectivity index (χ3n) is 2.28. The summed E-state index contributed by atoms with van der Waals surface area (Å²) >= 11 is 2.24. The second-order valence-corrected chi connectivity index (χ2v) is 4.93. The third-order valence-corrected chi connectivity index (χ3v) is 3.00. The number of carbonyl (C=O) groups excluding carboxylic acids is 1. The molecular formula is C12H16INO. The highest BCUT2D eigenvalue weighted by atomic mass is 127. The van der Waals surface area contributed by atoms with Crippen LogP contribution in [0.25, 0.3) is 0 Å². The molecule has 1 amide bonds. The summed E-state index contributed by atoms with van der Waals surface area (Å²) in [5.41, 5.74) is 0.878. The van der Waals surface area contributed by atoms with E-state index < -0.39 is 0 Å². The van der Waals surface area contributed by atoms with Crippen molar-refractivity contribution < 1.29 is 4.79 Å². The molecule has 1 N–H and O–H groups in total. The van der Waals surface area contributed by atoms with E-state index in [0.29, 0.717) is 0 Å². The van der Waals surface area contributed by atoms with Gasteiger partial charge in [-0.05, 0) is 53.3 Å². The Labute approximate surface area is 105 Å². The van der Waals surface area contributed by atoms with Crippen molar-refractivity contribution in [3.05, 3.63) is 27.8 Å². The van der Waals surface area contributed by atoms with Crippen molar-refractivity contribution in [2.75, 3.05) is 5.32 Å². The van der Waals surface area contributed by atoms with Crippen LogP contribution in [0.15, 0.2) is 24.3 Å². The van der Waals surface area contributed by atoms with Crippen LogP contribution < -0.4 is 5.32 Å². The molecular weight excluding hydrogens is 301 g/mol. The summed E-state index contributed by atoms with van der Waals surface area (Å²) in [6.45, 7) is 4.06. The van der Waals surface area contributed by atoms with Crippen LogP contribution in [0.2, 0.25) is 0 Å². The quantitative estimate of drug-likeness (QED) is 0.844. The Balaban J connectivity index is 2.54. The average molecular weight is 317 g/mol. The standard InChI is InChI=1S/C12H16INO/c1-3-4-9(2)12(15)14-11-7-5-10(13)6-8-11/h5-9H,3-4H2,1-2H3,(H,14,15). The highest BCUT2D eigenvalue weighted by Crippen LogP contribution is 2.13. The van der Waals surface area contributed by atoms with E-state index >= 15 is 0 Å². The monoisotopic (exact) mass is 317 g/mol. The fourth-order valence-corrected chi connectivity index (χ4v) is 1.72. The molecule has 0 aliphatic rings. The van der Waals surface area contributed by atoms with Crippen molar-refractivity contribution in [1.29, 1.82) is 0 Å². The lowest BCUT2D eigenvalue weighted by Crippen LogP contribution is -2.20. The maximum atomic E-state index is 11.7. The molecule has 0 aliphatic carbocycles. The Kier molecular flexibility index (Phi) is 5.08. The number of benzene rings is 1. The van der Waals surface area contributed by atoms with E-state index in [1.54, 1.807) is 0 Å². The molecule has 1 rings (SSSR count). The van der Waals surface area contributed by atoms with Crippen LogP contribution >= 0.6 is 22.6 Å². The largest absolute Gasteiger partial charge is 0.326 e. The topological polar surface area (TPSA) is 29.1 Å². The Morgan fingerprint density at radius 3 is 2.53 bits per heavy atom. The van der Waals surface area contributed by atoms with Crippen molar-refractivity contribution in [1.82, 2.24) is 0 Å². The zero-order valence-corrected chi connectivity index (χ0v) is 11.2. The zero-order valence-electron chi connectivity index (χ0n) is 9.09. The zero-order chi connectivity index (χ0) is 11.3. The minimum Gasteiger partial charge on any atom is -0.326 e. The summed E-state index contributed by atoms with van der Waals surface area (Å²) in [5, 5.41) is 2.91. The Bertz CT molecular complexity index is 321. The molecule has 0 radical (unpaired) electrons. The first-order valence-corrected chi connectivity index (χ1v) is 6.27. The lowest BCUT2D eigenvalue weighted by Gasteiger charge is -2.10. The number of hydrogen-bond acceptors (Lipinski definition) is 1. The Morgan fingerprint density at radius 2 is 2.00 bits per heavy atom. The maximum absolute atomic E-state index is 11.7. The van der Waals surface area contributed by atoms with Crippen LogP contribution in [0.1, 0.15) is 26.7 Å². The van der Waals surface area contributed by atoms with Crippen molar-refractivity contribution in [3.63, 3.8) is 0 Å². The molecule has 1 atom stereocenters. The van der Waals surface area contributed by atoms with E-state index in [2.05, 4.69) is 34.8 Å². The first-order valence-electron chi connectivity index (χ1n) is 5.20. The van der Waals surface area contributed by atoms with Gasteiger partial charge in [0.05, 0.1) is 0 Å². The van der Waals surface area contributed by atoms with Gasteiger partial charge in [-0.1, -0.05) is 20.3 Å². The lowest BCUT2D eigenvalue weighted by atomic mass is 10.1. The van der Waals surface area contributed by atoms with Crippen LogP contribution in [-0.4, -0.2) is 5.91 Å². The first-order chi connectivity index (χ1) is 7.13. The van der Waals surface area contributed by atoms with Gasteiger partial charge in [-0.25, -0.2) is 0 Å². The molecule has 15 heavy (non-hydrogen) atoms.